The van der Waals surface area contributed by atoms with Gasteiger partial charge in [0.05, 0.1) is 0 Å². The van der Waals surface area contributed by atoms with Crippen LogP contribution in [0.1, 0.15) is 56.2 Å². The van der Waals surface area contributed by atoms with Crippen LogP contribution in [0.3, 0.4) is 0 Å². The molecule has 1 saturated heterocycles. The summed E-state index contributed by atoms with van der Waals surface area (Å²) in [4.78, 5) is 7.42. The van der Waals surface area contributed by atoms with E-state index in [4.69, 9.17) is 9.72 Å². The van der Waals surface area contributed by atoms with Gasteiger partial charge in [0.15, 0.2) is 0 Å². The van der Waals surface area contributed by atoms with Gasteiger partial charge in [0, 0.05) is 30.9 Å². The van der Waals surface area contributed by atoms with E-state index in [-0.39, 0.29) is 0 Å². The zero-order chi connectivity index (χ0) is 14.1. The molecule has 0 N–H and O–H groups in total. The van der Waals surface area contributed by atoms with Crippen LogP contribution in [0.4, 0.5) is 0 Å². The Morgan fingerprint density at radius 1 is 0.952 bits per heavy atom. The van der Waals surface area contributed by atoms with Gasteiger partial charge < -0.3 is 9.64 Å². The molecule has 0 unspecified atom stereocenters. The van der Waals surface area contributed by atoms with Crippen molar-refractivity contribution in [3.63, 3.8) is 0 Å². The van der Waals surface area contributed by atoms with Gasteiger partial charge in [-0.25, -0.2) is 4.98 Å². The molecule has 0 aromatic carbocycles. The first-order valence-corrected chi connectivity index (χ1v) is 8.78. The van der Waals surface area contributed by atoms with Crippen LogP contribution in [0.25, 0.3) is 0 Å². The van der Waals surface area contributed by atoms with Gasteiger partial charge in [-0.05, 0) is 56.9 Å². The Balaban J connectivity index is 1.34. The lowest BCUT2D eigenvalue weighted by Gasteiger charge is -2.41. The fourth-order valence-corrected chi connectivity index (χ4v) is 3.91. The number of nitrogens with zero attached hydrogens (tertiary/aromatic N) is 2. The predicted molar refractivity (Wildman–Crippen MR) is 83.7 cm³/mol. The normalized spacial score (nSPS) is 24.4. The highest BCUT2D eigenvalue weighted by Crippen LogP contribution is 2.29. The molecule has 0 amide bonds. The fourth-order valence-electron chi connectivity index (χ4n) is 3.91. The fraction of sp³-hybridized carbons (Fsp3) is 0.722. The molecule has 3 heteroatoms. The molecular formula is C18H26N2O. The van der Waals surface area contributed by atoms with Crippen LogP contribution in [0, 0.1) is 0 Å². The van der Waals surface area contributed by atoms with Gasteiger partial charge in [-0.1, -0.05) is 12.5 Å². The number of aryl methyl sites for hydroxylation is 2. The largest absolute Gasteiger partial charge is 0.474 e. The highest BCUT2D eigenvalue weighted by atomic mass is 16.5. The molecule has 0 radical (unpaired) electrons. The molecule has 1 aromatic heterocycles. The van der Waals surface area contributed by atoms with E-state index in [1.165, 1.54) is 62.9 Å². The van der Waals surface area contributed by atoms with Gasteiger partial charge in [-0.3, -0.25) is 0 Å². The van der Waals surface area contributed by atoms with Crippen molar-refractivity contribution in [2.45, 2.75) is 69.9 Å². The van der Waals surface area contributed by atoms with Crippen LogP contribution in [0.5, 0.6) is 5.88 Å². The SMILES string of the molecule is c1cc2c(nc1OC1CCN(C3CCC3)CC1)CCCC2. The minimum Gasteiger partial charge on any atom is -0.474 e. The highest BCUT2D eigenvalue weighted by molar-refractivity contribution is 5.27. The smallest absolute Gasteiger partial charge is 0.213 e. The number of hydrogen-bond acceptors (Lipinski definition) is 3. The Morgan fingerprint density at radius 2 is 1.76 bits per heavy atom. The van der Waals surface area contributed by atoms with E-state index in [0.717, 1.165) is 31.2 Å². The topological polar surface area (TPSA) is 25.4 Å². The van der Waals surface area contributed by atoms with Crippen molar-refractivity contribution in [1.82, 2.24) is 9.88 Å². The zero-order valence-corrected chi connectivity index (χ0v) is 12.9. The zero-order valence-electron chi connectivity index (χ0n) is 12.9. The summed E-state index contributed by atoms with van der Waals surface area (Å²) in [5.74, 6) is 0.859. The summed E-state index contributed by atoms with van der Waals surface area (Å²) in [5, 5.41) is 0. The lowest BCUT2D eigenvalue weighted by molar-refractivity contribution is 0.0474. The van der Waals surface area contributed by atoms with Gasteiger partial charge >= 0.3 is 0 Å². The third-order valence-corrected chi connectivity index (χ3v) is 5.51. The second-order valence-electron chi connectivity index (χ2n) is 6.90. The second kappa shape index (κ2) is 5.96. The number of fused-ring (bicyclic) bond motifs is 1. The van der Waals surface area contributed by atoms with Crippen molar-refractivity contribution in [2.24, 2.45) is 0 Å². The Bertz CT molecular complexity index is 490. The van der Waals surface area contributed by atoms with Crippen LogP contribution < -0.4 is 4.74 Å². The van der Waals surface area contributed by atoms with Crippen molar-refractivity contribution in [2.75, 3.05) is 13.1 Å². The van der Waals surface area contributed by atoms with Crippen LogP contribution >= 0.6 is 0 Å². The molecule has 2 fully saturated rings. The first-order chi connectivity index (χ1) is 10.4. The molecule has 3 aliphatic rings. The molecule has 0 atom stereocenters. The summed E-state index contributed by atoms with van der Waals surface area (Å²) in [5.41, 5.74) is 2.72. The standard InChI is InChI=1S/C18H26N2O/c1-2-7-17-14(4-1)8-9-18(19-17)21-16-10-12-20(13-11-16)15-5-3-6-15/h8-9,15-16H,1-7,10-13H2. The third kappa shape index (κ3) is 2.94. The van der Waals surface area contributed by atoms with Gasteiger partial charge in [-0.15, -0.1) is 0 Å². The number of likely N-dealkylation sites (tertiary alicyclic amines) is 1. The maximum absolute atomic E-state index is 6.16. The van der Waals surface area contributed by atoms with Gasteiger partial charge in [0.1, 0.15) is 6.10 Å². The Kier molecular flexibility index (Phi) is 3.85. The molecule has 21 heavy (non-hydrogen) atoms. The molecule has 4 rings (SSSR count). The van der Waals surface area contributed by atoms with E-state index in [9.17, 15) is 0 Å². The molecule has 1 aliphatic heterocycles. The van der Waals surface area contributed by atoms with E-state index in [1.54, 1.807) is 0 Å². The van der Waals surface area contributed by atoms with E-state index in [0.29, 0.717) is 6.10 Å². The van der Waals surface area contributed by atoms with E-state index < -0.39 is 0 Å². The van der Waals surface area contributed by atoms with Gasteiger partial charge in [0.25, 0.3) is 0 Å². The lowest BCUT2D eigenvalue weighted by Crippen LogP contribution is -2.46. The summed E-state index contributed by atoms with van der Waals surface area (Å²) in [6.45, 7) is 2.42. The molecule has 0 spiro atoms. The summed E-state index contributed by atoms with van der Waals surface area (Å²) in [6, 6.07) is 5.20. The van der Waals surface area contributed by atoms with Crippen molar-refractivity contribution in [1.29, 1.82) is 0 Å². The molecular weight excluding hydrogens is 260 g/mol. The number of pyridine rings is 1. The first kappa shape index (κ1) is 13.6. The Labute approximate surface area is 127 Å². The van der Waals surface area contributed by atoms with Gasteiger partial charge in [0.2, 0.25) is 5.88 Å². The number of aromatic nitrogens is 1. The summed E-state index contributed by atoms with van der Waals surface area (Å²) >= 11 is 0. The number of hydrogen-bond donors (Lipinski definition) is 0. The van der Waals surface area contributed by atoms with Crippen molar-refractivity contribution < 1.29 is 4.74 Å². The Hall–Kier alpha value is -1.09. The van der Waals surface area contributed by atoms with E-state index in [2.05, 4.69) is 17.0 Å². The third-order valence-electron chi connectivity index (χ3n) is 5.51. The van der Waals surface area contributed by atoms with E-state index >= 15 is 0 Å². The molecule has 3 nitrogen and oxygen atoms in total. The van der Waals surface area contributed by atoms with Crippen LogP contribution in [-0.2, 0) is 12.8 Å². The second-order valence-corrected chi connectivity index (χ2v) is 6.90. The highest BCUT2D eigenvalue weighted by Gasteiger charge is 2.29. The minimum atomic E-state index is 0.371. The van der Waals surface area contributed by atoms with Gasteiger partial charge in [-0.2, -0.15) is 0 Å². The molecule has 2 heterocycles. The number of piperidine rings is 1. The maximum atomic E-state index is 6.16. The minimum absolute atomic E-state index is 0.371. The molecule has 2 aliphatic carbocycles. The summed E-state index contributed by atoms with van der Waals surface area (Å²) in [7, 11) is 0. The number of ether oxygens (including phenoxy) is 1. The average Bonchev–Trinajstić information content (AvgIpc) is 2.47. The first-order valence-electron chi connectivity index (χ1n) is 8.78. The van der Waals surface area contributed by atoms with Crippen LogP contribution in [-0.4, -0.2) is 35.1 Å². The molecule has 1 aromatic rings. The van der Waals surface area contributed by atoms with Crippen molar-refractivity contribution in [3.05, 3.63) is 23.4 Å². The molecule has 114 valence electrons. The average molecular weight is 286 g/mol. The lowest BCUT2D eigenvalue weighted by atomic mass is 9.90. The monoisotopic (exact) mass is 286 g/mol. The quantitative estimate of drug-likeness (QED) is 0.852. The number of rotatable bonds is 3. The predicted octanol–water partition coefficient (Wildman–Crippen LogP) is 3.36. The van der Waals surface area contributed by atoms with Crippen LogP contribution in [0.15, 0.2) is 12.1 Å². The molecule has 1 saturated carbocycles. The Morgan fingerprint density at radius 3 is 2.52 bits per heavy atom. The van der Waals surface area contributed by atoms with Crippen LogP contribution in [0.2, 0.25) is 0 Å². The van der Waals surface area contributed by atoms with E-state index in [1.807, 2.05) is 0 Å². The molecule has 0 bridgehead atoms. The maximum Gasteiger partial charge on any atom is 0.213 e. The van der Waals surface area contributed by atoms with Crippen molar-refractivity contribution in [3.8, 4) is 5.88 Å². The van der Waals surface area contributed by atoms with Crippen molar-refractivity contribution >= 4 is 0 Å². The summed E-state index contributed by atoms with van der Waals surface area (Å²) in [6.07, 6.45) is 11.9. The summed E-state index contributed by atoms with van der Waals surface area (Å²) < 4.78 is 6.16.